The summed E-state index contributed by atoms with van der Waals surface area (Å²) in [6, 6.07) is 4.10. The van der Waals surface area contributed by atoms with E-state index in [1.807, 2.05) is 0 Å². The Morgan fingerprint density at radius 2 is 1.96 bits per heavy atom. The lowest BCUT2D eigenvalue weighted by Crippen LogP contribution is -2.45. The maximum absolute atomic E-state index is 12.4. The number of nitrogens with one attached hydrogen (secondary N) is 2. The molecule has 2 rings (SSSR count). The minimum absolute atomic E-state index is 0.0773. The molecule has 0 fully saturated rings. The first kappa shape index (κ1) is 19.1. The third-order valence-corrected chi connectivity index (χ3v) is 3.70. The van der Waals surface area contributed by atoms with Crippen molar-refractivity contribution in [2.45, 2.75) is 13.0 Å². The molecule has 0 saturated carbocycles. The van der Waals surface area contributed by atoms with E-state index in [1.165, 1.54) is 13.2 Å². The zero-order valence-corrected chi connectivity index (χ0v) is 14.8. The summed E-state index contributed by atoms with van der Waals surface area (Å²) in [6.45, 7) is 9.19. The summed E-state index contributed by atoms with van der Waals surface area (Å²) >= 11 is 0. The van der Waals surface area contributed by atoms with E-state index < -0.39 is 18.0 Å². The van der Waals surface area contributed by atoms with Crippen LogP contribution in [-0.4, -0.2) is 32.3 Å². The maximum atomic E-state index is 12.4. The molecular formula is C19H22N2O5. The Hall–Kier alpha value is -3.22. The number of urea groups is 1. The van der Waals surface area contributed by atoms with Crippen molar-refractivity contribution in [3.05, 3.63) is 60.3 Å². The van der Waals surface area contributed by atoms with Gasteiger partial charge in [-0.25, -0.2) is 9.59 Å². The molecule has 0 aliphatic carbocycles. The first-order chi connectivity index (χ1) is 12.5. The highest BCUT2D eigenvalue weighted by Gasteiger charge is 2.32. The molecule has 1 aromatic rings. The normalized spacial score (nSPS) is 16.2. The van der Waals surface area contributed by atoms with E-state index in [9.17, 15) is 9.59 Å². The van der Waals surface area contributed by atoms with Gasteiger partial charge in [-0.1, -0.05) is 31.4 Å². The zero-order valence-electron chi connectivity index (χ0n) is 14.8. The van der Waals surface area contributed by atoms with Gasteiger partial charge in [-0.15, -0.1) is 0 Å². The quantitative estimate of drug-likeness (QED) is 0.551. The number of esters is 1. The molecule has 1 aromatic carbocycles. The molecule has 1 aliphatic heterocycles. The molecular weight excluding hydrogens is 336 g/mol. The van der Waals surface area contributed by atoms with Crippen LogP contribution in [0, 0.1) is 0 Å². The highest BCUT2D eigenvalue weighted by atomic mass is 16.5. The van der Waals surface area contributed by atoms with Gasteiger partial charge in [0.25, 0.3) is 0 Å². The molecule has 0 saturated heterocycles. The number of hydrogen-bond acceptors (Lipinski definition) is 5. The predicted octanol–water partition coefficient (Wildman–Crippen LogP) is 2.62. The van der Waals surface area contributed by atoms with Crippen molar-refractivity contribution in [1.29, 1.82) is 0 Å². The number of benzene rings is 1. The molecule has 7 heteroatoms. The average molecular weight is 358 g/mol. The molecule has 0 bridgehead atoms. The largest absolute Gasteiger partial charge is 0.493 e. The van der Waals surface area contributed by atoms with Crippen LogP contribution in [0.5, 0.6) is 11.5 Å². The van der Waals surface area contributed by atoms with E-state index in [0.717, 1.165) is 0 Å². The van der Waals surface area contributed by atoms with Crippen LogP contribution in [-0.2, 0) is 9.53 Å². The van der Waals surface area contributed by atoms with E-state index in [0.29, 0.717) is 34.9 Å². The van der Waals surface area contributed by atoms with Crippen LogP contribution in [0.3, 0.4) is 0 Å². The highest BCUT2D eigenvalue weighted by molar-refractivity contribution is 5.95. The molecule has 138 valence electrons. The number of rotatable bonds is 8. The Bertz CT molecular complexity index is 754. The Morgan fingerprint density at radius 1 is 1.23 bits per heavy atom. The molecule has 0 unspecified atom stereocenters. The summed E-state index contributed by atoms with van der Waals surface area (Å²) < 4.78 is 16.0. The van der Waals surface area contributed by atoms with Gasteiger partial charge in [0, 0.05) is 5.70 Å². The lowest BCUT2D eigenvalue weighted by molar-refractivity contribution is -0.138. The zero-order chi connectivity index (χ0) is 19.1. The van der Waals surface area contributed by atoms with Gasteiger partial charge in [0.2, 0.25) is 0 Å². The molecule has 0 spiro atoms. The lowest BCUT2D eigenvalue weighted by atomic mass is 9.95. The van der Waals surface area contributed by atoms with E-state index in [2.05, 4.69) is 23.8 Å². The Balaban J connectivity index is 2.40. The van der Waals surface area contributed by atoms with Crippen molar-refractivity contribution in [3.63, 3.8) is 0 Å². The van der Waals surface area contributed by atoms with Gasteiger partial charge in [-0.2, -0.15) is 0 Å². The smallest absolute Gasteiger partial charge is 0.338 e. The monoisotopic (exact) mass is 358 g/mol. The van der Waals surface area contributed by atoms with Crippen molar-refractivity contribution < 1.29 is 23.8 Å². The molecule has 7 nitrogen and oxygen atoms in total. The van der Waals surface area contributed by atoms with Gasteiger partial charge in [0.15, 0.2) is 11.5 Å². The summed E-state index contributed by atoms with van der Waals surface area (Å²) in [4.78, 5) is 24.3. The second kappa shape index (κ2) is 8.75. The van der Waals surface area contributed by atoms with E-state index in [-0.39, 0.29) is 6.61 Å². The Kier molecular flexibility index (Phi) is 6.43. The van der Waals surface area contributed by atoms with Crippen LogP contribution < -0.4 is 20.1 Å². The molecule has 2 N–H and O–H groups in total. The number of allylic oxidation sites excluding steroid dienone is 1. The predicted molar refractivity (Wildman–Crippen MR) is 97.0 cm³/mol. The van der Waals surface area contributed by atoms with Crippen LogP contribution in [0.4, 0.5) is 4.79 Å². The molecule has 26 heavy (non-hydrogen) atoms. The summed E-state index contributed by atoms with van der Waals surface area (Å²) in [7, 11) is 1.52. The summed E-state index contributed by atoms with van der Waals surface area (Å²) in [6.07, 6.45) is 3.10. The fourth-order valence-electron chi connectivity index (χ4n) is 2.56. The highest BCUT2D eigenvalue weighted by Crippen LogP contribution is 2.34. The number of hydrogen-bond donors (Lipinski definition) is 2. The van der Waals surface area contributed by atoms with Gasteiger partial charge in [-0.05, 0) is 24.6 Å². The average Bonchev–Trinajstić information content (AvgIpc) is 2.63. The summed E-state index contributed by atoms with van der Waals surface area (Å²) in [5.41, 5.74) is 1.40. The molecule has 0 radical (unpaired) electrons. The third kappa shape index (κ3) is 4.24. The van der Waals surface area contributed by atoms with E-state index in [1.54, 1.807) is 31.2 Å². The van der Waals surface area contributed by atoms with Crippen LogP contribution in [0.15, 0.2) is 54.8 Å². The van der Waals surface area contributed by atoms with Crippen molar-refractivity contribution in [2.75, 3.05) is 20.3 Å². The van der Waals surface area contributed by atoms with E-state index in [4.69, 9.17) is 14.2 Å². The number of amides is 2. The summed E-state index contributed by atoms with van der Waals surface area (Å²) in [5.74, 6) is 0.479. The number of carbonyl (C=O) groups is 2. The first-order valence-corrected chi connectivity index (χ1v) is 7.99. The van der Waals surface area contributed by atoms with Crippen molar-refractivity contribution in [1.82, 2.24) is 10.6 Å². The van der Waals surface area contributed by atoms with Crippen LogP contribution >= 0.6 is 0 Å². The number of carbonyl (C=O) groups excluding carboxylic acids is 2. The number of ether oxygens (including phenoxy) is 3. The van der Waals surface area contributed by atoms with E-state index >= 15 is 0 Å². The van der Waals surface area contributed by atoms with Gasteiger partial charge >= 0.3 is 12.0 Å². The summed E-state index contributed by atoms with van der Waals surface area (Å²) in [5, 5.41) is 5.33. The molecule has 0 aromatic heterocycles. The Labute approximate surface area is 152 Å². The fraction of sp³-hybridized carbons (Fsp3) is 0.263. The van der Waals surface area contributed by atoms with Gasteiger partial charge < -0.3 is 24.8 Å². The van der Waals surface area contributed by atoms with Gasteiger partial charge in [0.1, 0.15) is 13.2 Å². The van der Waals surface area contributed by atoms with Crippen molar-refractivity contribution in [2.24, 2.45) is 0 Å². The fourth-order valence-corrected chi connectivity index (χ4v) is 2.56. The minimum Gasteiger partial charge on any atom is -0.493 e. The van der Waals surface area contributed by atoms with Crippen LogP contribution in [0.2, 0.25) is 0 Å². The van der Waals surface area contributed by atoms with Crippen LogP contribution in [0.1, 0.15) is 18.5 Å². The van der Waals surface area contributed by atoms with Crippen molar-refractivity contribution >= 4 is 12.0 Å². The minimum atomic E-state index is -0.677. The molecule has 2 amide bonds. The number of methoxy groups -OCH3 is 1. The second-order valence-corrected chi connectivity index (χ2v) is 5.47. The molecule has 1 heterocycles. The molecule has 1 aliphatic rings. The lowest BCUT2D eigenvalue weighted by Gasteiger charge is -2.28. The van der Waals surface area contributed by atoms with Crippen LogP contribution in [0.25, 0.3) is 0 Å². The maximum Gasteiger partial charge on any atom is 0.338 e. The van der Waals surface area contributed by atoms with Crippen molar-refractivity contribution in [3.8, 4) is 11.5 Å². The van der Waals surface area contributed by atoms with Gasteiger partial charge in [0.05, 0.1) is 18.7 Å². The second-order valence-electron chi connectivity index (χ2n) is 5.47. The van der Waals surface area contributed by atoms with Gasteiger partial charge in [-0.3, -0.25) is 0 Å². The third-order valence-electron chi connectivity index (χ3n) is 3.70. The SMILES string of the molecule is C=CCOC(=O)C1=C(C)NC(=O)N[C@@H]1c1ccc(OCC=C)c(OC)c1. The topological polar surface area (TPSA) is 85.9 Å². The Morgan fingerprint density at radius 3 is 2.62 bits per heavy atom. The molecule has 1 atom stereocenters. The standard InChI is InChI=1S/C19H22N2O5/c1-5-9-25-14-8-7-13(11-15(14)24-4)17-16(18(22)26-10-6-2)12(3)20-19(23)21-17/h5-8,11,17H,1-2,9-10H2,3-4H3,(H2,20,21,23)/t17-/m1/s1. The first-order valence-electron chi connectivity index (χ1n) is 7.99.